The lowest BCUT2D eigenvalue weighted by Crippen LogP contribution is -2.34. The minimum atomic E-state index is -0.147. The number of carbonyl (C=O) groups is 1. The topological polar surface area (TPSA) is 55.1 Å². The van der Waals surface area contributed by atoms with Gasteiger partial charge in [-0.05, 0) is 36.0 Å². The number of hydrogen-bond acceptors (Lipinski definition) is 2. The van der Waals surface area contributed by atoms with Gasteiger partial charge in [0.15, 0.2) is 0 Å². The fourth-order valence-corrected chi connectivity index (χ4v) is 4.09. The number of fused-ring (bicyclic) bond motifs is 2. The van der Waals surface area contributed by atoms with Gasteiger partial charge >= 0.3 is 0 Å². The molecule has 1 fully saturated rings. The summed E-state index contributed by atoms with van der Waals surface area (Å²) in [5.41, 5.74) is 10.2. The molecule has 3 nitrogen and oxygen atoms in total. The summed E-state index contributed by atoms with van der Waals surface area (Å²) in [6.07, 6.45) is 3.19. The highest BCUT2D eigenvalue weighted by molar-refractivity contribution is 5.85. The SMILES string of the molecule is NC(CNC(=O)C1CC12CCc1ccccc12)c1ccccc1. The van der Waals surface area contributed by atoms with Crippen molar-refractivity contribution in [1.82, 2.24) is 5.32 Å². The van der Waals surface area contributed by atoms with Crippen LogP contribution in [0.4, 0.5) is 0 Å². The van der Waals surface area contributed by atoms with E-state index in [-0.39, 0.29) is 23.3 Å². The van der Waals surface area contributed by atoms with Crippen LogP contribution in [0.15, 0.2) is 54.6 Å². The molecule has 0 saturated heterocycles. The number of aryl methyl sites for hydroxylation is 1. The summed E-state index contributed by atoms with van der Waals surface area (Å²) >= 11 is 0. The summed E-state index contributed by atoms with van der Waals surface area (Å²) in [6, 6.07) is 18.4. The molecule has 3 N–H and O–H groups in total. The van der Waals surface area contributed by atoms with Crippen molar-refractivity contribution in [2.75, 3.05) is 6.54 Å². The Hall–Kier alpha value is -2.13. The van der Waals surface area contributed by atoms with Crippen LogP contribution in [0.2, 0.25) is 0 Å². The van der Waals surface area contributed by atoms with Gasteiger partial charge < -0.3 is 11.1 Å². The first-order valence-electron chi connectivity index (χ1n) is 8.37. The molecular weight excluding hydrogens is 284 g/mol. The van der Waals surface area contributed by atoms with Crippen LogP contribution in [0.5, 0.6) is 0 Å². The highest BCUT2D eigenvalue weighted by Gasteiger charge is 2.61. The maximum Gasteiger partial charge on any atom is 0.224 e. The maximum absolute atomic E-state index is 12.5. The largest absolute Gasteiger partial charge is 0.354 e. The van der Waals surface area contributed by atoms with Gasteiger partial charge in [0.05, 0.1) is 0 Å². The van der Waals surface area contributed by atoms with Gasteiger partial charge in [0.2, 0.25) is 5.91 Å². The van der Waals surface area contributed by atoms with Crippen molar-refractivity contribution in [3.63, 3.8) is 0 Å². The van der Waals surface area contributed by atoms with Crippen LogP contribution in [0.1, 0.15) is 35.6 Å². The van der Waals surface area contributed by atoms with Crippen LogP contribution in [0.25, 0.3) is 0 Å². The number of nitrogens with one attached hydrogen (secondary N) is 1. The van der Waals surface area contributed by atoms with Crippen LogP contribution < -0.4 is 11.1 Å². The summed E-state index contributed by atoms with van der Waals surface area (Å²) in [7, 11) is 0. The van der Waals surface area contributed by atoms with E-state index in [1.165, 1.54) is 11.1 Å². The first-order chi connectivity index (χ1) is 11.2. The molecule has 0 heterocycles. The van der Waals surface area contributed by atoms with Gasteiger partial charge in [-0.25, -0.2) is 0 Å². The molecule has 118 valence electrons. The number of benzene rings is 2. The normalized spacial score (nSPS) is 25.9. The van der Waals surface area contributed by atoms with E-state index < -0.39 is 0 Å². The third kappa shape index (κ3) is 2.45. The van der Waals surface area contributed by atoms with Crippen molar-refractivity contribution in [3.05, 3.63) is 71.3 Å². The molecule has 3 unspecified atom stereocenters. The molecule has 2 aliphatic carbocycles. The molecule has 2 aromatic rings. The molecule has 0 bridgehead atoms. The minimum absolute atomic E-state index is 0.109. The molecule has 0 aromatic heterocycles. The molecular formula is C20H22N2O. The Morgan fingerprint density at radius 3 is 2.74 bits per heavy atom. The van der Waals surface area contributed by atoms with Crippen LogP contribution in [0.3, 0.4) is 0 Å². The highest BCUT2D eigenvalue weighted by atomic mass is 16.2. The standard InChI is InChI=1S/C20H22N2O/c21-18(15-7-2-1-3-8-15)13-22-19(23)17-12-20(17)11-10-14-6-4-5-9-16(14)20/h1-9,17-18H,10-13,21H2,(H,22,23). The van der Waals surface area contributed by atoms with E-state index in [0.717, 1.165) is 24.8 Å². The Kier molecular flexibility index (Phi) is 3.46. The molecule has 0 radical (unpaired) electrons. The smallest absolute Gasteiger partial charge is 0.224 e. The highest BCUT2D eigenvalue weighted by Crippen LogP contribution is 2.61. The molecule has 4 rings (SSSR count). The van der Waals surface area contributed by atoms with Crippen molar-refractivity contribution < 1.29 is 4.79 Å². The average Bonchev–Trinajstić information content (AvgIpc) is 3.22. The Morgan fingerprint density at radius 1 is 1.17 bits per heavy atom. The van der Waals surface area contributed by atoms with Crippen LogP contribution in [0, 0.1) is 5.92 Å². The molecule has 2 aliphatic rings. The van der Waals surface area contributed by atoms with Crippen LogP contribution in [-0.4, -0.2) is 12.5 Å². The summed E-state index contributed by atoms with van der Waals surface area (Å²) in [6.45, 7) is 0.497. The lowest BCUT2D eigenvalue weighted by molar-refractivity contribution is -0.122. The summed E-state index contributed by atoms with van der Waals surface area (Å²) in [4.78, 5) is 12.5. The van der Waals surface area contributed by atoms with Crippen molar-refractivity contribution in [2.45, 2.75) is 30.7 Å². The fraction of sp³-hybridized carbons (Fsp3) is 0.350. The van der Waals surface area contributed by atoms with Crippen molar-refractivity contribution in [1.29, 1.82) is 0 Å². The van der Waals surface area contributed by atoms with Crippen molar-refractivity contribution in [2.24, 2.45) is 11.7 Å². The second kappa shape index (κ2) is 5.50. The lowest BCUT2D eigenvalue weighted by Gasteiger charge is -2.15. The zero-order chi connectivity index (χ0) is 15.9. The van der Waals surface area contributed by atoms with E-state index in [4.69, 9.17) is 5.73 Å². The van der Waals surface area contributed by atoms with Gasteiger partial charge in [-0.15, -0.1) is 0 Å². The molecule has 1 saturated carbocycles. The van der Waals surface area contributed by atoms with E-state index in [1.54, 1.807) is 0 Å². The maximum atomic E-state index is 12.5. The van der Waals surface area contributed by atoms with Gasteiger partial charge in [-0.3, -0.25) is 4.79 Å². The predicted molar refractivity (Wildman–Crippen MR) is 90.9 cm³/mol. The number of rotatable bonds is 4. The van der Waals surface area contributed by atoms with Crippen LogP contribution in [-0.2, 0) is 16.6 Å². The third-order valence-corrected chi connectivity index (χ3v) is 5.51. The molecule has 3 heteroatoms. The molecule has 23 heavy (non-hydrogen) atoms. The quantitative estimate of drug-likeness (QED) is 0.912. The first-order valence-corrected chi connectivity index (χ1v) is 8.37. The number of nitrogens with two attached hydrogens (primary N) is 1. The summed E-state index contributed by atoms with van der Waals surface area (Å²) in [5, 5.41) is 3.06. The van der Waals surface area contributed by atoms with E-state index >= 15 is 0 Å². The summed E-state index contributed by atoms with van der Waals surface area (Å²) < 4.78 is 0. The van der Waals surface area contributed by atoms with Gasteiger partial charge in [-0.2, -0.15) is 0 Å². The molecule has 1 amide bonds. The molecule has 2 aromatic carbocycles. The van der Waals surface area contributed by atoms with Gasteiger partial charge in [-0.1, -0.05) is 54.6 Å². The van der Waals surface area contributed by atoms with Crippen molar-refractivity contribution in [3.8, 4) is 0 Å². The first kappa shape index (κ1) is 14.5. The third-order valence-electron chi connectivity index (χ3n) is 5.51. The second-order valence-corrected chi connectivity index (χ2v) is 6.83. The lowest BCUT2D eigenvalue weighted by atomic mass is 9.95. The Labute approximate surface area is 136 Å². The second-order valence-electron chi connectivity index (χ2n) is 6.83. The predicted octanol–water partition coefficient (Wildman–Crippen LogP) is 2.71. The van der Waals surface area contributed by atoms with Gasteiger partial charge in [0.1, 0.15) is 0 Å². The van der Waals surface area contributed by atoms with E-state index in [1.807, 2.05) is 30.3 Å². The van der Waals surface area contributed by atoms with Gasteiger partial charge in [0, 0.05) is 23.9 Å². The monoisotopic (exact) mass is 306 g/mol. The summed E-state index contributed by atoms with van der Waals surface area (Å²) in [5.74, 6) is 0.280. The molecule has 3 atom stereocenters. The average molecular weight is 306 g/mol. The zero-order valence-corrected chi connectivity index (χ0v) is 13.2. The van der Waals surface area contributed by atoms with E-state index in [2.05, 4.69) is 29.6 Å². The number of carbonyl (C=O) groups excluding carboxylic acids is 1. The van der Waals surface area contributed by atoms with E-state index in [0.29, 0.717) is 6.54 Å². The number of hydrogen-bond donors (Lipinski definition) is 2. The van der Waals surface area contributed by atoms with Gasteiger partial charge in [0.25, 0.3) is 0 Å². The fourth-order valence-electron chi connectivity index (χ4n) is 4.09. The minimum Gasteiger partial charge on any atom is -0.354 e. The van der Waals surface area contributed by atoms with Crippen LogP contribution >= 0.6 is 0 Å². The van der Waals surface area contributed by atoms with E-state index in [9.17, 15) is 4.79 Å². The molecule has 0 aliphatic heterocycles. The molecule has 1 spiro atoms. The Balaban J connectivity index is 1.39. The Morgan fingerprint density at radius 2 is 1.91 bits per heavy atom. The number of amides is 1. The van der Waals surface area contributed by atoms with Crippen molar-refractivity contribution >= 4 is 5.91 Å². The Bertz CT molecular complexity index is 727. The zero-order valence-electron chi connectivity index (χ0n) is 13.2.